The number of nitrogens with one attached hydrogen (secondary N) is 1. The van der Waals surface area contributed by atoms with E-state index in [1.807, 2.05) is 0 Å². The number of rotatable bonds is 6. The highest BCUT2D eigenvalue weighted by atomic mass is 32.2. The summed E-state index contributed by atoms with van der Waals surface area (Å²) in [6.07, 6.45) is 2.14. The van der Waals surface area contributed by atoms with E-state index in [-0.39, 0.29) is 16.5 Å². The summed E-state index contributed by atoms with van der Waals surface area (Å²) in [5.41, 5.74) is 0.413. The predicted molar refractivity (Wildman–Crippen MR) is 70.5 cm³/mol. The second kappa shape index (κ2) is 6.25. The number of nitro groups is 1. The van der Waals surface area contributed by atoms with E-state index in [4.69, 9.17) is 0 Å². The van der Waals surface area contributed by atoms with Crippen molar-refractivity contribution in [1.82, 2.24) is 0 Å². The molecule has 0 heterocycles. The highest BCUT2D eigenvalue weighted by molar-refractivity contribution is 7.84. The molecule has 1 aromatic rings. The molecule has 0 spiro atoms. The van der Waals surface area contributed by atoms with Crippen LogP contribution in [0, 0.1) is 10.1 Å². The zero-order chi connectivity index (χ0) is 13.7. The fourth-order valence-corrected chi connectivity index (χ4v) is 1.61. The Labute approximate surface area is 107 Å². The topological polar surface area (TPSA) is 89.3 Å². The van der Waals surface area contributed by atoms with Crippen molar-refractivity contribution in [3.63, 3.8) is 0 Å². The number of nitro benzene ring substituents is 1. The van der Waals surface area contributed by atoms with E-state index < -0.39 is 15.7 Å². The zero-order valence-corrected chi connectivity index (χ0v) is 10.9. The fourth-order valence-electron chi connectivity index (χ4n) is 1.29. The third kappa shape index (κ3) is 3.63. The second-order valence-corrected chi connectivity index (χ2v) is 5.64. The molecule has 0 bridgehead atoms. The van der Waals surface area contributed by atoms with Crippen LogP contribution in [0.1, 0.15) is 17.3 Å². The van der Waals surface area contributed by atoms with E-state index in [1.165, 1.54) is 18.2 Å². The van der Waals surface area contributed by atoms with Gasteiger partial charge in [0.25, 0.3) is 5.69 Å². The number of anilines is 1. The summed E-state index contributed by atoms with van der Waals surface area (Å²) >= 11 is 0. The smallest absolute Gasteiger partial charge is 0.293 e. The molecule has 1 rings (SSSR count). The number of hydrogen-bond acceptors (Lipinski definition) is 5. The van der Waals surface area contributed by atoms with Gasteiger partial charge in [-0.3, -0.25) is 19.1 Å². The quantitative estimate of drug-likeness (QED) is 0.481. The third-order valence-corrected chi connectivity index (χ3v) is 3.80. The van der Waals surface area contributed by atoms with Gasteiger partial charge in [0.2, 0.25) is 0 Å². The molecule has 18 heavy (non-hydrogen) atoms. The standard InChI is InChI=1S/C11H14N2O4S/c1-8(18(2)17)6-12-10-4-3-9(7-14)5-11(10)13(15)16/h3-5,7-8,12H,6H2,1-2H3. The van der Waals surface area contributed by atoms with E-state index in [2.05, 4.69) is 5.32 Å². The Balaban J connectivity index is 2.91. The molecule has 0 amide bonds. The predicted octanol–water partition coefficient (Wildman–Crippen LogP) is 1.59. The Hall–Kier alpha value is -1.76. The number of carbonyl (C=O) groups is 1. The number of carbonyl (C=O) groups excluding carboxylic acids is 1. The average molecular weight is 270 g/mol. The van der Waals surface area contributed by atoms with Crippen LogP contribution in [-0.4, -0.2) is 33.5 Å². The van der Waals surface area contributed by atoms with E-state index >= 15 is 0 Å². The van der Waals surface area contributed by atoms with Crippen LogP contribution in [0.15, 0.2) is 18.2 Å². The van der Waals surface area contributed by atoms with E-state index in [1.54, 1.807) is 13.2 Å². The molecule has 0 aromatic heterocycles. The molecule has 98 valence electrons. The molecule has 0 radical (unpaired) electrons. The van der Waals surface area contributed by atoms with Crippen LogP contribution in [0.4, 0.5) is 11.4 Å². The van der Waals surface area contributed by atoms with Crippen molar-refractivity contribution in [1.29, 1.82) is 0 Å². The lowest BCUT2D eigenvalue weighted by Crippen LogP contribution is -2.21. The molecule has 0 saturated carbocycles. The van der Waals surface area contributed by atoms with E-state index in [9.17, 15) is 19.1 Å². The molecule has 0 aliphatic rings. The SMILES string of the molecule is CC(CNc1ccc(C=O)cc1[N+](=O)[O-])S(C)=O. The molecule has 0 aliphatic heterocycles. The van der Waals surface area contributed by atoms with Crippen LogP contribution in [-0.2, 0) is 10.8 Å². The molecule has 0 aliphatic carbocycles. The van der Waals surface area contributed by atoms with Crippen molar-refractivity contribution in [2.75, 3.05) is 18.1 Å². The van der Waals surface area contributed by atoms with Gasteiger partial charge in [-0.2, -0.15) is 0 Å². The van der Waals surface area contributed by atoms with Crippen LogP contribution in [0.3, 0.4) is 0 Å². The highest BCUT2D eigenvalue weighted by Crippen LogP contribution is 2.25. The summed E-state index contributed by atoms with van der Waals surface area (Å²) in [6.45, 7) is 2.15. The minimum absolute atomic E-state index is 0.115. The Morgan fingerprint density at radius 2 is 2.22 bits per heavy atom. The number of nitrogens with zero attached hydrogens (tertiary/aromatic N) is 1. The summed E-state index contributed by atoms with van der Waals surface area (Å²) in [6, 6.07) is 4.19. The maximum atomic E-state index is 11.2. The summed E-state index contributed by atoms with van der Waals surface area (Å²) in [7, 11) is -0.996. The maximum absolute atomic E-state index is 11.2. The molecular weight excluding hydrogens is 256 g/mol. The van der Waals surface area contributed by atoms with Gasteiger partial charge in [0.1, 0.15) is 12.0 Å². The fraction of sp³-hybridized carbons (Fsp3) is 0.364. The molecule has 1 N–H and O–H groups in total. The van der Waals surface area contributed by atoms with Crippen molar-refractivity contribution < 1.29 is 13.9 Å². The first-order valence-electron chi connectivity index (χ1n) is 5.25. The van der Waals surface area contributed by atoms with Gasteiger partial charge in [0.05, 0.1) is 4.92 Å². The molecule has 0 saturated heterocycles. The Morgan fingerprint density at radius 1 is 1.56 bits per heavy atom. The monoisotopic (exact) mass is 270 g/mol. The molecule has 7 heteroatoms. The Morgan fingerprint density at radius 3 is 2.72 bits per heavy atom. The van der Waals surface area contributed by atoms with Crippen LogP contribution in [0.25, 0.3) is 0 Å². The van der Waals surface area contributed by atoms with Gasteiger partial charge in [-0.1, -0.05) is 0 Å². The Kier molecular flexibility index (Phi) is 4.96. The second-order valence-electron chi connectivity index (χ2n) is 3.84. The molecule has 6 nitrogen and oxygen atoms in total. The van der Waals surface area contributed by atoms with Gasteiger partial charge in [0.15, 0.2) is 0 Å². The normalized spacial score (nSPS) is 13.7. The van der Waals surface area contributed by atoms with Gasteiger partial charge >= 0.3 is 0 Å². The minimum Gasteiger partial charge on any atom is -0.378 e. The van der Waals surface area contributed by atoms with Crippen LogP contribution >= 0.6 is 0 Å². The summed E-state index contributed by atoms with van der Waals surface area (Å²) in [5.74, 6) is 0. The maximum Gasteiger partial charge on any atom is 0.293 e. The van der Waals surface area contributed by atoms with Gasteiger partial charge < -0.3 is 5.32 Å². The first kappa shape index (κ1) is 14.3. The van der Waals surface area contributed by atoms with Crippen LogP contribution in [0.2, 0.25) is 0 Å². The molecule has 2 atom stereocenters. The molecule has 2 unspecified atom stereocenters. The summed E-state index contributed by atoms with van der Waals surface area (Å²) in [5, 5.41) is 13.6. The van der Waals surface area contributed by atoms with E-state index in [0.717, 1.165) is 0 Å². The van der Waals surface area contributed by atoms with Gasteiger partial charge in [-0.05, 0) is 19.1 Å². The van der Waals surface area contributed by atoms with Crippen molar-refractivity contribution in [2.45, 2.75) is 12.2 Å². The number of benzene rings is 1. The van der Waals surface area contributed by atoms with Gasteiger partial charge in [0, 0.05) is 40.5 Å². The van der Waals surface area contributed by atoms with Crippen molar-refractivity contribution in [3.8, 4) is 0 Å². The molecular formula is C11H14N2O4S. The largest absolute Gasteiger partial charge is 0.378 e. The van der Waals surface area contributed by atoms with Crippen molar-refractivity contribution in [3.05, 3.63) is 33.9 Å². The summed E-state index contributed by atoms with van der Waals surface area (Å²) in [4.78, 5) is 20.9. The lowest BCUT2D eigenvalue weighted by molar-refractivity contribution is -0.384. The Bertz CT molecular complexity index is 490. The van der Waals surface area contributed by atoms with Crippen molar-refractivity contribution in [2.24, 2.45) is 0 Å². The minimum atomic E-state index is -0.996. The lowest BCUT2D eigenvalue weighted by Gasteiger charge is -2.11. The van der Waals surface area contributed by atoms with E-state index in [0.29, 0.717) is 18.5 Å². The van der Waals surface area contributed by atoms with Crippen LogP contribution in [0.5, 0.6) is 0 Å². The average Bonchev–Trinajstić information content (AvgIpc) is 2.35. The number of hydrogen-bond donors (Lipinski definition) is 1. The third-order valence-electron chi connectivity index (χ3n) is 2.50. The van der Waals surface area contributed by atoms with Gasteiger partial charge in [-0.25, -0.2) is 0 Å². The van der Waals surface area contributed by atoms with Crippen LogP contribution < -0.4 is 5.32 Å². The van der Waals surface area contributed by atoms with Gasteiger partial charge in [-0.15, -0.1) is 0 Å². The zero-order valence-electron chi connectivity index (χ0n) is 10.1. The first-order chi connectivity index (χ1) is 8.45. The van der Waals surface area contributed by atoms with Crippen molar-refractivity contribution >= 4 is 28.5 Å². The number of aldehydes is 1. The highest BCUT2D eigenvalue weighted by Gasteiger charge is 2.15. The molecule has 0 fully saturated rings. The summed E-state index contributed by atoms with van der Waals surface area (Å²) < 4.78 is 11.2. The lowest BCUT2D eigenvalue weighted by atomic mass is 10.2. The first-order valence-corrected chi connectivity index (χ1v) is 6.87. The molecule has 1 aromatic carbocycles.